The number of furan rings is 1. The van der Waals surface area contributed by atoms with Crippen LogP contribution in [-0.4, -0.2) is 11.9 Å². The zero-order valence-corrected chi connectivity index (χ0v) is 16.8. The van der Waals surface area contributed by atoms with Gasteiger partial charge < -0.3 is 20.4 Å². The van der Waals surface area contributed by atoms with E-state index < -0.39 is 0 Å². The molecule has 0 spiro atoms. The van der Waals surface area contributed by atoms with Crippen molar-refractivity contribution in [3.8, 4) is 0 Å². The van der Waals surface area contributed by atoms with Gasteiger partial charge >= 0.3 is 6.03 Å². The van der Waals surface area contributed by atoms with Crippen molar-refractivity contribution in [3.63, 3.8) is 0 Å². The van der Waals surface area contributed by atoms with Crippen LogP contribution in [0.15, 0.2) is 75.8 Å². The first-order valence-corrected chi connectivity index (χ1v) is 9.54. The lowest BCUT2D eigenvalue weighted by Crippen LogP contribution is -2.36. The number of benzene rings is 2. The van der Waals surface area contributed by atoms with Crippen LogP contribution in [0.3, 0.4) is 0 Å². The fourth-order valence-corrected chi connectivity index (χ4v) is 2.84. The van der Waals surface area contributed by atoms with Crippen LogP contribution in [0.25, 0.3) is 0 Å². The lowest BCUT2D eigenvalue weighted by atomic mass is 10.1. The first kappa shape index (κ1) is 19.7. The van der Waals surface area contributed by atoms with E-state index in [0.717, 1.165) is 15.6 Å². The van der Waals surface area contributed by atoms with Crippen molar-refractivity contribution < 1.29 is 14.0 Å². The number of nitrogens with one attached hydrogen (secondary N) is 3. The number of hydrogen-bond donors (Lipinski definition) is 3. The predicted molar refractivity (Wildman–Crippen MR) is 111 cm³/mol. The molecule has 28 heavy (non-hydrogen) atoms. The highest BCUT2D eigenvalue weighted by molar-refractivity contribution is 9.10. The Kier molecular flexibility index (Phi) is 6.49. The van der Waals surface area contributed by atoms with Gasteiger partial charge in [0, 0.05) is 16.7 Å². The third kappa shape index (κ3) is 5.47. The van der Waals surface area contributed by atoms with Crippen molar-refractivity contribution in [1.29, 1.82) is 0 Å². The van der Waals surface area contributed by atoms with Gasteiger partial charge in [0.05, 0.1) is 12.3 Å². The van der Waals surface area contributed by atoms with Gasteiger partial charge in [-0.25, -0.2) is 4.79 Å². The zero-order valence-electron chi connectivity index (χ0n) is 15.2. The Morgan fingerprint density at radius 2 is 1.75 bits per heavy atom. The molecule has 7 heteroatoms. The Balaban J connectivity index is 1.47. The van der Waals surface area contributed by atoms with Crippen LogP contribution in [0.1, 0.15) is 34.6 Å². The summed E-state index contributed by atoms with van der Waals surface area (Å²) in [5.41, 5.74) is 2.59. The van der Waals surface area contributed by atoms with Gasteiger partial charge in [0.15, 0.2) is 5.76 Å². The van der Waals surface area contributed by atoms with Crippen LogP contribution in [0.5, 0.6) is 0 Å². The average Bonchev–Trinajstić information content (AvgIpc) is 3.23. The smallest absolute Gasteiger partial charge is 0.315 e. The van der Waals surface area contributed by atoms with E-state index in [0.29, 0.717) is 12.2 Å². The molecule has 1 atom stereocenters. The van der Waals surface area contributed by atoms with Gasteiger partial charge in [-0.3, -0.25) is 4.79 Å². The minimum absolute atomic E-state index is 0.104. The Bertz CT molecular complexity index is 923. The highest BCUT2D eigenvalue weighted by Gasteiger charge is 2.10. The monoisotopic (exact) mass is 441 g/mol. The quantitative estimate of drug-likeness (QED) is 0.510. The highest BCUT2D eigenvalue weighted by atomic mass is 79.9. The molecule has 0 saturated carbocycles. The molecule has 144 valence electrons. The molecular formula is C21H20BrN3O3. The van der Waals surface area contributed by atoms with Crippen LogP contribution in [0.2, 0.25) is 0 Å². The molecule has 0 saturated heterocycles. The molecule has 6 nitrogen and oxygen atoms in total. The van der Waals surface area contributed by atoms with Crippen molar-refractivity contribution in [1.82, 2.24) is 10.6 Å². The molecule has 1 aromatic heterocycles. The SMILES string of the molecule is CC(NC(=O)NCc1ccc(NC(=O)c2ccco2)cc1)c1ccc(Br)cc1. The molecule has 0 radical (unpaired) electrons. The number of halogens is 1. The van der Waals surface area contributed by atoms with Gasteiger partial charge in [0.1, 0.15) is 0 Å². The second-order valence-electron chi connectivity index (χ2n) is 6.23. The van der Waals surface area contributed by atoms with Crippen molar-refractivity contribution in [2.45, 2.75) is 19.5 Å². The maximum atomic E-state index is 12.1. The van der Waals surface area contributed by atoms with Crippen molar-refractivity contribution in [2.24, 2.45) is 0 Å². The molecule has 3 amide bonds. The summed E-state index contributed by atoms with van der Waals surface area (Å²) in [5, 5.41) is 8.49. The second-order valence-corrected chi connectivity index (χ2v) is 7.14. The number of amides is 3. The summed E-state index contributed by atoms with van der Waals surface area (Å²) in [4.78, 5) is 24.1. The number of urea groups is 1. The van der Waals surface area contributed by atoms with E-state index >= 15 is 0 Å². The number of rotatable bonds is 6. The van der Waals surface area contributed by atoms with E-state index in [-0.39, 0.29) is 23.7 Å². The van der Waals surface area contributed by atoms with E-state index in [1.165, 1.54) is 6.26 Å². The minimum Gasteiger partial charge on any atom is -0.459 e. The number of hydrogen-bond acceptors (Lipinski definition) is 3. The molecule has 3 rings (SSSR count). The van der Waals surface area contributed by atoms with E-state index in [2.05, 4.69) is 31.9 Å². The Labute approximate surface area is 171 Å². The van der Waals surface area contributed by atoms with Crippen molar-refractivity contribution in [2.75, 3.05) is 5.32 Å². The largest absolute Gasteiger partial charge is 0.459 e. The van der Waals surface area contributed by atoms with Gasteiger partial charge in [0.25, 0.3) is 5.91 Å². The molecule has 0 aliphatic carbocycles. The molecule has 1 heterocycles. The van der Waals surface area contributed by atoms with Gasteiger partial charge in [-0.1, -0.05) is 40.2 Å². The molecule has 0 aliphatic rings. The molecule has 3 N–H and O–H groups in total. The molecule has 0 bridgehead atoms. The zero-order chi connectivity index (χ0) is 19.9. The van der Waals surface area contributed by atoms with Crippen LogP contribution in [0.4, 0.5) is 10.5 Å². The van der Waals surface area contributed by atoms with E-state index in [1.54, 1.807) is 24.3 Å². The lowest BCUT2D eigenvalue weighted by molar-refractivity contribution is 0.0996. The Hall–Kier alpha value is -3.06. The molecular weight excluding hydrogens is 422 g/mol. The molecule has 2 aromatic carbocycles. The minimum atomic E-state index is -0.308. The summed E-state index contributed by atoms with van der Waals surface area (Å²) < 4.78 is 6.05. The summed E-state index contributed by atoms with van der Waals surface area (Å²) in [6, 6.07) is 18.0. The maximum absolute atomic E-state index is 12.1. The molecule has 3 aromatic rings. The topological polar surface area (TPSA) is 83.4 Å². The summed E-state index contributed by atoms with van der Waals surface area (Å²) in [5.74, 6) is -0.0560. The predicted octanol–water partition coefficient (Wildman–Crippen LogP) is 4.85. The normalized spacial score (nSPS) is 11.5. The molecule has 0 aliphatic heterocycles. The number of anilines is 1. The van der Waals surface area contributed by atoms with Crippen molar-refractivity contribution >= 4 is 33.6 Å². The average molecular weight is 442 g/mol. The summed E-state index contributed by atoms with van der Waals surface area (Å²) in [7, 11) is 0. The Morgan fingerprint density at radius 1 is 1.04 bits per heavy atom. The fraction of sp³-hybridized carbons (Fsp3) is 0.143. The van der Waals surface area contributed by atoms with Crippen molar-refractivity contribution in [3.05, 3.63) is 88.3 Å². The highest BCUT2D eigenvalue weighted by Crippen LogP contribution is 2.16. The molecule has 1 unspecified atom stereocenters. The summed E-state index contributed by atoms with van der Waals surface area (Å²) in [6.07, 6.45) is 1.45. The van der Waals surface area contributed by atoms with Gasteiger partial charge in [-0.15, -0.1) is 0 Å². The van der Waals surface area contributed by atoms with Crippen LogP contribution in [0, 0.1) is 0 Å². The van der Waals surface area contributed by atoms with Crippen LogP contribution >= 0.6 is 15.9 Å². The van der Waals surface area contributed by atoms with E-state index in [4.69, 9.17) is 4.42 Å². The van der Waals surface area contributed by atoms with Gasteiger partial charge in [-0.05, 0) is 54.4 Å². The lowest BCUT2D eigenvalue weighted by Gasteiger charge is -2.15. The van der Waals surface area contributed by atoms with Gasteiger partial charge in [-0.2, -0.15) is 0 Å². The Morgan fingerprint density at radius 3 is 2.39 bits per heavy atom. The standard InChI is InChI=1S/C21H20BrN3O3/c1-14(16-6-8-17(22)9-7-16)24-21(27)23-13-15-4-10-18(11-5-15)25-20(26)19-3-2-12-28-19/h2-12,14H,13H2,1H3,(H,25,26)(H2,23,24,27). The number of carbonyl (C=O) groups is 2. The third-order valence-electron chi connectivity index (χ3n) is 4.13. The van der Waals surface area contributed by atoms with E-state index in [1.807, 2.05) is 43.3 Å². The van der Waals surface area contributed by atoms with Crippen LogP contribution < -0.4 is 16.0 Å². The summed E-state index contributed by atoms with van der Waals surface area (Å²) >= 11 is 3.40. The third-order valence-corrected chi connectivity index (χ3v) is 4.66. The van der Waals surface area contributed by atoms with E-state index in [9.17, 15) is 9.59 Å². The number of carbonyl (C=O) groups excluding carboxylic acids is 2. The maximum Gasteiger partial charge on any atom is 0.315 e. The second kappa shape index (κ2) is 9.23. The molecule has 0 fully saturated rings. The van der Waals surface area contributed by atoms with Crippen LogP contribution in [-0.2, 0) is 6.54 Å². The first-order valence-electron chi connectivity index (χ1n) is 8.75. The fourth-order valence-electron chi connectivity index (χ4n) is 2.57. The van der Waals surface area contributed by atoms with Gasteiger partial charge in [0.2, 0.25) is 0 Å². The first-order chi connectivity index (χ1) is 13.5. The summed E-state index contributed by atoms with van der Waals surface area (Å²) in [6.45, 7) is 2.31.